The summed E-state index contributed by atoms with van der Waals surface area (Å²) in [4.78, 5) is 33.5. The Morgan fingerprint density at radius 2 is 1.83 bits per heavy atom. The van der Waals surface area contributed by atoms with Crippen molar-refractivity contribution in [3.63, 3.8) is 0 Å². The highest BCUT2D eigenvalue weighted by atomic mass is 32.1. The molecule has 2 aliphatic heterocycles. The number of piperazine rings is 1. The third kappa shape index (κ3) is 3.65. The first-order chi connectivity index (χ1) is 14.6. The van der Waals surface area contributed by atoms with Gasteiger partial charge in [0.05, 0.1) is 23.3 Å². The minimum atomic E-state index is 0.151. The maximum Gasteiger partial charge on any atom is 0.219 e. The fourth-order valence-corrected chi connectivity index (χ4v) is 5.51. The molecule has 4 heterocycles. The van der Waals surface area contributed by atoms with Crippen LogP contribution in [0.5, 0.6) is 0 Å². The molecule has 2 aromatic heterocycles. The second kappa shape index (κ2) is 7.92. The second-order valence-corrected chi connectivity index (χ2v) is 9.12. The van der Waals surface area contributed by atoms with Gasteiger partial charge in [-0.2, -0.15) is 0 Å². The standard InChI is InChI=1S/C22H26N6OS/c1-15(17-3-4-18-20(13-17)24-7-6-23-18)26-9-11-27(12-10-26)22-25-19-5-8-28(16(2)29)14-21(19)30-22/h3-4,6-7,13,15H,5,8-12,14H2,1-2H3. The van der Waals surface area contributed by atoms with E-state index in [9.17, 15) is 4.79 Å². The first-order valence-corrected chi connectivity index (χ1v) is 11.3. The summed E-state index contributed by atoms with van der Waals surface area (Å²) in [5, 5.41) is 1.11. The summed E-state index contributed by atoms with van der Waals surface area (Å²) in [5.74, 6) is 0.151. The van der Waals surface area contributed by atoms with Crippen molar-refractivity contribution in [2.45, 2.75) is 32.9 Å². The van der Waals surface area contributed by atoms with Gasteiger partial charge in [-0.05, 0) is 24.6 Å². The lowest BCUT2D eigenvalue weighted by molar-refractivity contribution is -0.129. The van der Waals surface area contributed by atoms with E-state index in [1.807, 2.05) is 4.90 Å². The van der Waals surface area contributed by atoms with Crippen LogP contribution in [0.4, 0.5) is 5.13 Å². The number of amides is 1. The zero-order valence-electron chi connectivity index (χ0n) is 17.4. The molecule has 30 heavy (non-hydrogen) atoms. The van der Waals surface area contributed by atoms with Crippen LogP contribution in [0.2, 0.25) is 0 Å². The zero-order valence-corrected chi connectivity index (χ0v) is 18.2. The quantitative estimate of drug-likeness (QED) is 0.647. The Kier molecular flexibility index (Phi) is 5.12. The van der Waals surface area contributed by atoms with Crippen LogP contribution in [0, 0.1) is 0 Å². The number of fused-ring (bicyclic) bond motifs is 2. The minimum Gasteiger partial charge on any atom is -0.346 e. The Morgan fingerprint density at radius 1 is 1.07 bits per heavy atom. The van der Waals surface area contributed by atoms with Gasteiger partial charge in [0, 0.05) is 69.4 Å². The monoisotopic (exact) mass is 422 g/mol. The summed E-state index contributed by atoms with van der Waals surface area (Å²) >= 11 is 1.76. The maximum atomic E-state index is 11.7. The van der Waals surface area contributed by atoms with Gasteiger partial charge in [-0.1, -0.05) is 17.4 Å². The molecular weight excluding hydrogens is 396 g/mol. The van der Waals surface area contributed by atoms with Gasteiger partial charge in [0.1, 0.15) is 0 Å². The van der Waals surface area contributed by atoms with E-state index in [2.05, 4.69) is 44.9 Å². The van der Waals surface area contributed by atoms with Gasteiger partial charge in [0.15, 0.2) is 5.13 Å². The molecule has 7 nitrogen and oxygen atoms in total. The van der Waals surface area contributed by atoms with Crippen LogP contribution < -0.4 is 4.90 Å². The number of nitrogens with zero attached hydrogens (tertiary/aromatic N) is 6. The van der Waals surface area contributed by atoms with Crippen molar-refractivity contribution in [2.24, 2.45) is 0 Å². The molecule has 1 amide bonds. The molecule has 0 radical (unpaired) electrons. The Morgan fingerprint density at radius 3 is 2.60 bits per heavy atom. The summed E-state index contributed by atoms with van der Waals surface area (Å²) in [6, 6.07) is 6.74. The van der Waals surface area contributed by atoms with Gasteiger partial charge in [0.25, 0.3) is 0 Å². The van der Waals surface area contributed by atoms with E-state index in [1.165, 1.54) is 16.1 Å². The largest absolute Gasteiger partial charge is 0.346 e. The molecule has 1 aromatic carbocycles. The molecule has 1 saturated heterocycles. The highest BCUT2D eigenvalue weighted by Gasteiger charge is 2.27. The summed E-state index contributed by atoms with van der Waals surface area (Å²) in [6.07, 6.45) is 4.35. The van der Waals surface area contributed by atoms with Crippen LogP contribution >= 0.6 is 11.3 Å². The summed E-state index contributed by atoms with van der Waals surface area (Å²) in [6.45, 7) is 9.37. The molecule has 1 fully saturated rings. The van der Waals surface area contributed by atoms with Crippen molar-refractivity contribution >= 4 is 33.4 Å². The first kappa shape index (κ1) is 19.4. The lowest BCUT2D eigenvalue weighted by atomic mass is 10.1. The van der Waals surface area contributed by atoms with Gasteiger partial charge in [0.2, 0.25) is 5.91 Å². The molecule has 0 aliphatic carbocycles. The van der Waals surface area contributed by atoms with Crippen LogP contribution in [-0.2, 0) is 17.8 Å². The third-order valence-corrected chi connectivity index (χ3v) is 7.42. The van der Waals surface area contributed by atoms with Crippen LogP contribution in [0.15, 0.2) is 30.6 Å². The van der Waals surface area contributed by atoms with E-state index in [0.717, 1.165) is 55.3 Å². The van der Waals surface area contributed by atoms with Gasteiger partial charge in [-0.25, -0.2) is 4.98 Å². The van der Waals surface area contributed by atoms with Crippen LogP contribution in [0.1, 0.15) is 36.0 Å². The number of anilines is 1. The van der Waals surface area contributed by atoms with E-state index in [-0.39, 0.29) is 5.91 Å². The van der Waals surface area contributed by atoms with E-state index in [1.54, 1.807) is 30.7 Å². The van der Waals surface area contributed by atoms with Crippen LogP contribution in [0.25, 0.3) is 11.0 Å². The Labute approximate surface area is 180 Å². The predicted molar refractivity (Wildman–Crippen MR) is 119 cm³/mol. The topological polar surface area (TPSA) is 65.5 Å². The molecule has 0 N–H and O–H groups in total. The molecule has 1 unspecified atom stereocenters. The van der Waals surface area contributed by atoms with E-state index >= 15 is 0 Å². The van der Waals surface area contributed by atoms with Gasteiger partial charge in [-0.15, -0.1) is 0 Å². The number of thiazole rings is 1. The summed E-state index contributed by atoms with van der Waals surface area (Å²) in [7, 11) is 0. The molecule has 2 aliphatic rings. The maximum absolute atomic E-state index is 11.7. The van der Waals surface area contributed by atoms with Crippen LogP contribution in [0.3, 0.4) is 0 Å². The fraction of sp³-hybridized carbons (Fsp3) is 0.455. The number of hydrogen-bond acceptors (Lipinski definition) is 7. The van der Waals surface area contributed by atoms with Crippen molar-refractivity contribution in [2.75, 3.05) is 37.6 Å². The van der Waals surface area contributed by atoms with E-state index in [4.69, 9.17) is 4.98 Å². The lowest BCUT2D eigenvalue weighted by Crippen LogP contribution is -2.47. The van der Waals surface area contributed by atoms with E-state index in [0.29, 0.717) is 12.6 Å². The molecule has 5 rings (SSSR count). The molecule has 0 saturated carbocycles. The van der Waals surface area contributed by atoms with Crippen LogP contribution in [-0.4, -0.2) is 63.4 Å². The van der Waals surface area contributed by atoms with Crippen molar-refractivity contribution in [3.05, 3.63) is 46.7 Å². The number of carbonyl (C=O) groups excluding carboxylic acids is 1. The van der Waals surface area contributed by atoms with Crippen molar-refractivity contribution in [3.8, 4) is 0 Å². The average molecular weight is 423 g/mol. The number of rotatable bonds is 3. The SMILES string of the molecule is CC(=O)N1CCc2nc(N3CCN(C(C)c4ccc5nccnc5c4)CC3)sc2C1. The number of hydrogen-bond donors (Lipinski definition) is 0. The van der Waals surface area contributed by atoms with Gasteiger partial charge in [-0.3, -0.25) is 19.7 Å². The Bertz CT molecular complexity index is 1070. The summed E-state index contributed by atoms with van der Waals surface area (Å²) in [5.41, 5.74) is 4.36. The zero-order chi connectivity index (χ0) is 20.7. The Hall–Kier alpha value is -2.58. The van der Waals surface area contributed by atoms with E-state index < -0.39 is 0 Å². The molecule has 1 atom stereocenters. The lowest BCUT2D eigenvalue weighted by Gasteiger charge is -2.38. The number of aromatic nitrogens is 3. The fourth-order valence-electron chi connectivity index (χ4n) is 4.34. The highest BCUT2D eigenvalue weighted by Crippen LogP contribution is 2.32. The molecule has 156 valence electrons. The summed E-state index contributed by atoms with van der Waals surface area (Å²) < 4.78 is 0. The second-order valence-electron chi connectivity index (χ2n) is 8.06. The highest BCUT2D eigenvalue weighted by molar-refractivity contribution is 7.15. The minimum absolute atomic E-state index is 0.151. The van der Waals surface area contributed by atoms with Gasteiger partial charge < -0.3 is 9.80 Å². The smallest absolute Gasteiger partial charge is 0.219 e. The van der Waals surface area contributed by atoms with Crippen molar-refractivity contribution in [1.29, 1.82) is 0 Å². The third-order valence-electron chi connectivity index (χ3n) is 6.27. The van der Waals surface area contributed by atoms with Crippen molar-refractivity contribution in [1.82, 2.24) is 24.8 Å². The molecule has 0 spiro atoms. The molecule has 8 heteroatoms. The number of carbonyl (C=O) groups is 1. The van der Waals surface area contributed by atoms with Crippen molar-refractivity contribution < 1.29 is 4.79 Å². The number of benzene rings is 1. The Balaban J connectivity index is 1.24. The molecular formula is C22H26N6OS. The molecule has 0 bridgehead atoms. The predicted octanol–water partition coefficient (Wildman–Crippen LogP) is 2.87. The van der Waals surface area contributed by atoms with Gasteiger partial charge >= 0.3 is 0 Å². The average Bonchev–Trinajstić information content (AvgIpc) is 3.22. The normalized spacial score (nSPS) is 18.5. The molecule has 3 aromatic rings. The first-order valence-electron chi connectivity index (χ1n) is 10.5.